The van der Waals surface area contributed by atoms with Gasteiger partial charge in [-0.3, -0.25) is 0 Å². The number of piperidine rings is 1. The summed E-state index contributed by atoms with van der Waals surface area (Å²) in [7, 11) is -1.17. The van der Waals surface area contributed by atoms with Crippen molar-refractivity contribution in [2.45, 2.75) is 51.5 Å². The number of ether oxygens (including phenoxy) is 1. The number of nitrogens with zero attached hydrogens (tertiary/aromatic N) is 1. The van der Waals surface area contributed by atoms with Crippen LogP contribution in [0.1, 0.15) is 40.0 Å². The Morgan fingerprint density at radius 1 is 1.26 bits per heavy atom. The molecule has 1 aliphatic heterocycles. The summed E-state index contributed by atoms with van der Waals surface area (Å²) in [5.74, 6) is 1.00. The molecule has 19 heavy (non-hydrogen) atoms. The second-order valence-electron chi connectivity index (χ2n) is 6.78. The predicted octanol–water partition coefficient (Wildman–Crippen LogP) is 1.50. The van der Waals surface area contributed by atoms with Crippen LogP contribution < -0.4 is 0 Å². The van der Waals surface area contributed by atoms with Gasteiger partial charge in [-0.25, -0.2) is 4.79 Å². The van der Waals surface area contributed by atoms with Crippen molar-refractivity contribution in [2.75, 3.05) is 13.1 Å². The number of hydrogen-bond donors (Lipinski definition) is 2. The van der Waals surface area contributed by atoms with E-state index in [1.165, 1.54) is 0 Å². The summed E-state index contributed by atoms with van der Waals surface area (Å²) in [4.78, 5) is 13.7. The quantitative estimate of drug-likeness (QED) is 0.745. The van der Waals surface area contributed by atoms with E-state index in [2.05, 4.69) is 0 Å². The Labute approximate surface area is 115 Å². The normalized spacial score (nSPS) is 28.2. The SMILES string of the molecule is CC(C)(C)OC(=O)N1CCC([C@@H]2C[C@H]2B(O)O)CC1. The van der Waals surface area contributed by atoms with Crippen LogP contribution in [0.5, 0.6) is 0 Å². The molecule has 2 N–H and O–H groups in total. The van der Waals surface area contributed by atoms with E-state index in [0.29, 0.717) is 24.9 Å². The summed E-state index contributed by atoms with van der Waals surface area (Å²) < 4.78 is 5.35. The minimum absolute atomic E-state index is 0.0538. The largest absolute Gasteiger partial charge is 0.455 e. The Bertz CT molecular complexity index is 334. The van der Waals surface area contributed by atoms with E-state index in [4.69, 9.17) is 14.8 Å². The van der Waals surface area contributed by atoms with Crippen molar-refractivity contribution in [3.63, 3.8) is 0 Å². The highest BCUT2D eigenvalue weighted by Gasteiger charge is 2.49. The maximum Gasteiger partial charge on any atom is 0.455 e. The summed E-state index contributed by atoms with van der Waals surface area (Å²) in [6.07, 6.45) is 2.55. The molecule has 108 valence electrons. The molecule has 0 bridgehead atoms. The van der Waals surface area contributed by atoms with Crippen LogP contribution in [0.15, 0.2) is 0 Å². The van der Waals surface area contributed by atoms with Crippen molar-refractivity contribution in [2.24, 2.45) is 11.8 Å². The molecule has 2 rings (SSSR count). The lowest BCUT2D eigenvalue weighted by atomic mass is 9.78. The molecule has 0 aromatic heterocycles. The van der Waals surface area contributed by atoms with Gasteiger partial charge < -0.3 is 19.7 Å². The molecule has 0 unspecified atom stereocenters. The molecule has 6 heteroatoms. The highest BCUT2D eigenvalue weighted by molar-refractivity contribution is 6.44. The fourth-order valence-electron chi connectivity index (χ4n) is 2.96. The molecule has 2 atom stereocenters. The highest BCUT2D eigenvalue weighted by atomic mass is 16.6. The van der Waals surface area contributed by atoms with Gasteiger partial charge in [0.05, 0.1) is 0 Å². The zero-order valence-corrected chi connectivity index (χ0v) is 12.0. The van der Waals surface area contributed by atoms with Crippen LogP contribution in [-0.4, -0.2) is 46.9 Å². The first-order chi connectivity index (χ1) is 8.78. The van der Waals surface area contributed by atoms with Gasteiger partial charge in [-0.05, 0) is 57.7 Å². The van der Waals surface area contributed by atoms with Gasteiger partial charge >= 0.3 is 13.2 Å². The molecule has 0 aromatic rings. The van der Waals surface area contributed by atoms with Crippen LogP contribution in [0.2, 0.25) is 5.82 Å². The summed E-state index contributed by atoms with van der Waals surface area (Å²) in [6, 6.07) is 0. The topological polar surface area (TPSA) is 70.0 Å². The lowest BCUT2D eigenvalue weighted by Gasteiger charge is -2.33. The van der Waals surface area contributed by atoms with Gasteiger partial charge in [-0.2, -0.15) is 0 Å². The molecule has 2 fully saturated rings. The second-order valence-corrected chi connectivity index (χ2v) is 6.78. The van der Waals surface area contributed by atoms with Crippen LogP contribution in [0.3, 0.4) is 0 Å². The van der Waals surface area contributed by atoms with E-state index < -0.39 is 12.7 Å². The van der Waals surface area contributed by atoms with Gasteiger partial charge in [-0.1, -0.05) is 0 Å². The van der Waals surface area contributed by atoms with E-state index >= 15 is 0 Å². The zero-order valence-electron chi connectivity index (χ0n) is 12.0. The maximum atomic E-state index is 11.9. The van der Waals surface area contributed by atoms with Gasteiger partial charge in [0, 0.05) is 13.1 Å². The van der Waals surface area contributed by atoms with Crippen LogP contribution in [0.25, 0.3) is 0 Å². The van der Waals surface area contributed by atoms with E-state index in [9.17, 15) is 4.79 Å². The van der Waals surface area contributed by atoms with Gasteiger partial charge in [0.1, 0.15) is 5.60 Å². The van der Waals surface area contributed by atoms with Crippen molar-refractivity contribution in [3.8, 4) is 0 Å². The van der Waals surface area contributed by atoms with Crippen molar-refractivity contribution in [3.05, 3.63) is 0 Å². The lowest BCUT2D eigenvalue weighted by molar-refractivity contribution is 0.0175. The number of amides is 1. The van der Waals surface area contributed by atoms with Crippen molar-refractivity contribution in [1.82, 2.24) is 4.90 Å². The summed E-state index contributed by atoms with van der Waals surface area (Å²) in [5.41, 5.74) is -0.448. The fourth-order valence-corrected chi connectivity index (χ4v) is 2.96. The third-order valence-electron chi connectivity index (χ3n) is 4.07. The average Bonchev–Trinajstić information content (AvgIpc) is 3.07. The molecule has 2 aliphatic rings. The molecule has 1 aliphatic carbocycles. The number of carbonyl (C=O) groups excluding carboxylic acids is 1. The standard InChI is InChI=1S/C13H24BNO4/c1-13(2,3)19-12(16)15-6-4-9(5-7-15)10-8-11(10)14(17)18/h9-11,17-18H,4-8H2,1-3H3/t10-,11+/m0/s1. The van der Waals surface area contributed by atoms with E-state index in [0.717, 1.165) is 19.3 Å². The van der Waals surface area contributed by atoms with Gasteiger partial charge in [0.25, 0.3) is 0 Å². The first kappa shape index (κ1) is 14.7. The molecule has 1 heterocycles. The van der Waals surface area contributed by atoms with Crippen LogP contribution in [-0.2, 0) is 4.74 Å². The monoisotopic (exact) mass is 269 g/mol. The molecular formula is C13H24BNO4. The number of carbonyl (C=O) groups is 1. The van der Waals surface area contributed by atoms with Crippen LogP contribution in [0.4, 0.5) is 4.79 Å². The number of hydrogen-bond acceptors (Lipinski definition) is 4. The van der Waals surface area contributed by atoms with Crippen LogP contribution >= 0.6 is 0 Å². The number of likely N-dealkylation sites (tertiary alicyclic amines) is 1. The predicted molar refractivity (Wildman–Crippen MR) is 72.6 cm³/mol. The molecule has 0 radical (unpaired) electrons. The molecule has 0 spiro atoms. The average molecular weight is 269 g/mol. The third-order valence-corrected chi connectivity index (χ3v) is 4.07. The molecule has 0 aromatic carbocycles. The van der Waals surface area contributed by atoms with E-state index in [1.807, 2.05) is 20.8 Å². The van der Waals surface area contributed by atoms with Gasteiger partial charge in [0.2, 0.25) is 0 Å². The molecular weight excluding hydrogens is 245 g/mol. The van der Waals surface area contributed by atoms with Crippen molar-refractivity contribution >= 4 is 13.2 Å². The number of rotatable bonds is 2. The molecule has 1 amide bonds. The smallest absolute Gasteiger partial charge is 0.444 e. The third kappa shape index (κ3) is 3.86. The highest BCUT2D eigenvalue weighted by Crippen LogP contribution is 2.53. The minimum Gasteiger partial charge on any atom is -0.444 e. The summed E-state index contributed by atoms with van der Waals surface area (Å²) in [6.45, 7) is 7.04. The van der Waals surface area contributed by atoms with Crippen LogP contribution in [0, 0.1) is 11.8 Å². The Kier molecular flexibility index (Phi) is 4.11. The molecule has 5 nitrogen and oxygen atoms in total. The van der Waals surface area contributed by atoms with E-state index in [1.54, 1.807) is 4.90 Å². The van der Waals surface area contributed by atoms with Crippen molar-refractivity contribution < 1.29 is 19.6 Å². The molecule has 1 saturated heterocycles. The van der Waals surface area contributed by atoms with Gasteiger partial charge in [0.15, 0.2) is 0 Å². The first-order valence-electron chi connectivity index (χ1n) is 7.12. The Hall–Kier alpha value is -0.745. The van der Waals surface area contributed by atoms with Crippen molar-refractivity contribution in [1.29, 1.82) is 0 Å². The minimum atomic E-state index is -1.17. The molecule has 1 saturated carbocycles. The second kappa shape index (κ2) is 5.33. The maximum absolute atomic E-state index is 11.9. The van der Waals surface area contributed by atoms with E-state index in [-0.39, 0.29) is 11.9 Å². The Morgan fingerprint density at radius 2 is 1.84 bits per heavy atom. The Balaban J connectivity index is 1.75. The Morgan fingerprint density at radius 3 is 2.26 bits per heavy atom. The first-order valence-corrected chi connectivity index (χ1v) is 7.12. The fraction of sp³-hybridized carbons (Fsp3) is 0.923. The summed E-state index contributed by atoms with van der Waals surface area (Å²) >= 11 is 0. The zero-order chi connectivity index (χ0) is 14.2. The summed E-state index contributed by atoms with van der Waals surface area (Å²) in [5, 5.41) is 18.3. The lowest BCUT2D eigenvalue weighted by Crippen LogP contribution is -2.42. The van der Waals surface area contributed by atoms with Gasteiger partial charge in [-0.15, -0.1) is 0 Å².